The lowest BCUT2D eigenvalue weighted by Crippen LogP contribution is -2.33. The number of rotatable bonds is 8. The number of hydrogen-bond donors (Lipinski definition) is 2. The molecule has 2 aromatic carbocycles. The molecule has 33 heavy (non-hydrogen) atoms. The number of nitrogens with one attached hydrogen (secondary N) is 2. The van der Waals surface area contributed by atoms with Crippen LogP contribution in [0.4, 0.5) is 10.1 Å². The molecular weight excluding hydrogens is 441 g/mol. The normalized spacial score (nSPS) is 12.0. The summed E-state index contributed by atoms with van der Waals surface area (Å²) in [6.07, 6.45) is 0. The van der Waals surface area contributed by atoms with Crippen LogP contribution >= 0.6 is 11.8 Å². The van der Waals surface area contributed by atoms with E-state index in [4.69, 9.17) is 0 Å². The Labute approximate surface area is 197 Å². The number of hydrogen-bond acceptors (Lipinski definition) is 5. The topological polar surface area (TPSA) is 88.9 Å². The largest absolute Gasteiger partial charge is 0.342 e. The SMILES string of the molecule is Cc1cccc(C(=O)N[C@@H](c2nnc(SCC(=O)Nc3cc(F)ccc3C)n2C)C(C)C)c1. The van der Waals surface area contributed by atoms with Gasteiger partial charge in [0.05, 0.1) is 11.8 Å². The van der Waals surface area contributed by atoms with E-state index in [0.717, 1.165) is 11.1 Å². The maximum atomic E-state index is 13.5. The number of carbonyl (C=O) groups is 2. The van der Waals surface area contributed by atoms with Crippen molar-refractivity contribution in [2.75, 3.05) is 11.1 Å². The zero-order valence-electron chi connectivity index (χ0n) is 19.3. The van der Waals surface area contributed by atoms with Crippen LogP contribution in [-0.2, 0) is 11.8 Å². The van der Waals surface area contributed by atoms with Crippen molar-refractivity contribution in [2.24, 2.45) is 13.0 Å². The first-order valence-electron chi connectivity index (χ1n) is 10.6. The van der Waals surface area contributed by atoms with Crippen LogP contribution in [0.2, 0.25) is 0 Å². The van der Waals surface area contributed by atoms with Crippen LogP contribution in [0.25, 0.3) is 0 Å². The van der Waals surface area contributed by atoms with Gasteiger partial charge >= 0.3 is 0 Å². The van der Waals surface area contributed by atoms with Crippen LogP contribution in [-0.4, -0.2) is 32.3 Å². The summed E-state index contributed by atoms with van der Waals surface area (Å²) in [5.41, 5.74) is 2.81. The smallest absolute Gasteiger partial charge is 0.251 e. The van der Waals surface area contributed by atoms with Crippen molar-refractivity contribution in [2.45, 2.75) is 38.9 Å². The highest BCUT2D eigenvalue weighted by atomic mass is 32.2. The van der Waals surface area contributed by atoms with E-state index in [1.54, 1.807) is 30.7 Å². The number of aryl methyl sites for hydroxylation is 2. The number of benzene rings is 2. The Morgan fingerprint density at radius 3 is 2.58 bits per heavy atom. The molecule has 0 aliphatic carbocycles. The Balaban J connectivity index is 1.68. The minimum atomic E-state index is -0.408. The summed E-state index contributed by atoms with van der Waals surface area (Å²) in [7, 11) is 1.81. The molecule has 0 aliphatic rings. The van der Waals surface area contributed by atoms with Gasteiger partial charge in [0.1, 0.15) is 5.82 Å². The van der Waals surface area contributed by atoms with E-state index in [1.165, 1.54) is 23.9 Å². The van der Waals surface area contributed by atoms with Crippen molar-refractivity contribution >= 4 is 29.3 Å². The molecular formula is C24H28FN5O2S. The Kier molecular flexibility index (Phi) is 7.86. The molecule has 9 heteroatoms. The van der Waals surface area contributed by atoms with Crippen molar-refractivity contribution in [1.29, 1.82) is 0 Å². The number of anilines is 1. The van der Waals surface area contributed by atoms with Crippen LogP contribution in [0.3, 0.4) is 0 Å². The minimum Gasteiger partial charge on any atom is -0.342 e. The molecule has 0 unspecified atom stereocenters. The zero-order valence-corrected chi connectivity index (χ0v) is 20.2. The van der Waals surface area contributed by atoms with Gasteiger partial charge in [-0.15, -0.1) is 10.2 Å². The fourth-order valence-corrected chi connectivity index (χ4v) is 4.03. The molecule has 174 valence electrons. The summed E-state index contributed by atoms with van der Waals surface area (Å²) in [6, 6.07) is 11.3. The first-order valence-corrected chi connectivity index (χ1v) is 11.6. The number of carbonyl (C=O) groups excluding carboxylic acids is 2. The third-order valence-electron chi connectivity index (χ3n) is 5.19. The molecule has 3 rings (SSSR count). The number of amides is 2. The van der Waals surface area contributed by atoms with Gasteiger partial charge in [0.2, 0.25) is 5.91 Å². The number of thioether (sulfide) groups is 1. The standard InChI is InChI=1S/C24H28FN5O2S/c1-14(2)21(27-23(32)17-8-6-7-15(3)11-17)22-28-29-24(30(22)5)33-13-20(31)26-19-12-18(25)10-9-16(19)4/h6-12,14,21H,13H2,1-5H3,(H,26,31)(H,27,32)/t21-/m1/s1. The molecule has 2 amide bonds. The first kappa shape index (κ1) is 24.4. The van der Waals surface area contributed by atoms with Gasteiger partial charge in [0.15, 0.2) is 11.0 Å². The van der Waals surface area contributed by atoms with Crippen LogP contribution in [0.5, 0.6) is 0 Å². The van der Waals surface area contributed by atoms with E-state index in [1.807, 2.05) is 39.0 Å². The third kappa shape index (κ3) is 6.19. The second kappa shape index (κ2) is 10.6. The molecule has 0 saturated carbocycles. The highest BCUT2D eigenvalue weighted by Gasteiger charge is 2.25. The van der Waals surface area contributed by atoms with Crippen LogP contribution in [0, 0.1) is 25.6 Å². The molecule has 0 radical (unpaired) electrons. The summed E-state index contributed by atoms with van der Waals surface area (Å²) in [5, 5.41) is 14.8. The van der Waals surface area contributed by atoms with Crippen LogP contribution in [0.15, 0.2) is 47.6 Å². The van der Waals surface area contributed by atoms with Crippen molar-refractivity contribution in [3.05, 3.63) is 70.8 Å². The Hall–Kier alpha value is -3.20. The molecule has 0 aliphatic heterocycles. The number of aromatic nitrogens is 3. The van der Waals surface area contributed by atoms with E-state index >= 15 is 0 Å². The molecule has 0 spiro atoms. The molecule has 3 aromatic rings. The van der Waals surface area contributed by atoms with Crippen LogP contribution < -0.4 is 10.6 Å². The van der Waals surface area contributed by atoms with Gasteiger partial charge in [-0.2, -0.15) is 0 Å². The molecule has 0 fully saturated rings. The summed E-state index contributed by atoms with van der Waals surface area (Å²) in [6.45, 7) is 7.73. The van der Waals surface area contributed by atoms with Crippen molar-refractivity contribution < 1.29 is 14.0 Å². The predicted molar refractivity (Wildman–Crippen MR) is 128 cm³/mol. The van der Waals surface area contributed by atoms with Gasteiger partial charge < -0.3 is 15.2 Å². The first-order chi connectivity index (χ1) is 15.7. The molecule has 2 N–H and O–H groups in total. The van der Waals surface area contributed by atoms with Gasteiger partial charge in [-0.05, 0) is 49.6 Å². The van der Waals surface area contributed by atoms with E-state index in [2.05, 4.69) is 20.8 Å². The van der Waals surface area contributed by atoms with E-state index in [0.29, 0.717) is 22.2 Å². The third-order valence-corrected chi connectivity index (χ3v) is 6.21. The quantitative estimate of drug-likeness (QED) is 0.477. The fourth-order valence-electron chi connectivity index (χ4n) is 3.31. The van der Waals surface area contributed by atoms with Gasteiger partial charge in [-0.3, -0.25) is 9.59 Å². The summed E-state index contributed by atoms with van der Waals surface area (Å²) < 4.78 is 15.2. The second-order valence-electron chi connectivity index (χ2n) is 8.26. The van der Waals surface area contributed by atoms with E-state index in [9.17, 15) is 14.0 Å². The van der Waals surface area contributed by atoms with E-state index < -0.39 is 5.82 Å². The molecule has 1 atom stereocenters. The van der Waals surface area contributed by atoms with Crippen LogP contribution in [0.1, 0.15) is 47.2 Å². The van der Waals surface area contributed by atoms with E-state index in [-0.39, 0.29) is 29.5 Å². The molecule has 1 heterocycles. The number of nitrogens with zero attached hydrogens (tertiary/aromatic N) is 3. The van der Waals surface area contributed by atoms with Crippen molar-refractivity contribution in [1.82, 2.24) is 20.1 Å². The summed E-state index contributed by atoms with van der Waals surface area (Å²) in [4.78, 5) is 25.2. The van der Waals surface area contributed by atoms with Gasteiger partial charge in [0, 0.05) is 18.3 Å². The summed E-state index contributed by atoms with van der Waals surface area (Å²) in [5.74, 6) is -0.0994. The molecule has 7 nitrogen and oxygen atoms in total. The highest BCUT2D eigenvalue weighted by molar-refractivity contribution is 7.99. The molecule has 0 saturated heterocycles. The highest BCUT2D eigenvalue weighted by Crippen LogP contribution is 2.25. The maximum absolute atomic E-state index is 13.5. The average Bonchev–Trinajstić information content (AvgIpc) is 3.12. The molecule has 0 bridgehead atoms. The Morgan fingerprint density at radius 2 is 1.88 bits per heavy atom. The monoisotopic (exact) mass is 469 g/mol. The fraction of sp³-hybridized carbons (Fsp3) is 0.333. The Morgan fingerprint density at radius 1 is 1.12 bits per heavy atom. The minimum absolute atomic E-state index is 0.0683. The predicted octanol–water partition coefficient (Wildman–Crippen LogP) is 4.43. The lowest BCUT2D eigenvalue weighted by Gasteiger charge is -2.21. The van der Waals surface area contributed by atoms with Gasteiger partial charge in [-0.1, -0.05) is 49.4 Å². The van der Waals surface area contributed by atoms with Crippen molar-refractivity contribution in [3.8, 4) is 0 Å². The Bertz CT molecular complexity index is 1160. The maximum Gasteiger partial charge on any atom is 0.251 e. The number of halogens is 1. The van der Waals surface area contributed by atoms with Gasteiger partial charge in [-0.25, -0.2) is 4.39 Å². The zero-order chi connectivity index (χ0) is 24.1. The lowest BCUT2D eigenvalue weighted by atomic mass is 10.0. The summed E-state index contributed by atoms with van der Waals surface area (Å²) >= 11 is 1.22. The van der Waals surface area contributed by atoms with Crippen molar-refractivity contribution in [3.63, 3.8) is 0 Å². The molecule has 1 aromatic heterocycles. The second-order valence-corrected chi connectivity index (χ2v) is 9.20. The van der Waals surface area contributed by atoms with Gasteiger partial charge in [0.25, 0.3) is 5.91 Å². The lowest BCUT2D eigenvalue weighted by molar-refractivity contribution is -0.113. The average molecular weight is 470 g/mol.